The molecule has 0 aliphatic rings. The van der Waals surface area contributed by atoms with E-state index in [2.05, 4.69) is 9.97 Å². The highest BCUT2D eigenvalue weighted by Crippen LogP contribution is 2.13. The minimum absolute atomic E-state index is 0.231. The molecule has 100 valence electrons. The third kappa shape index (κ3) is 3.26. The van der Waals surface area contributed by atoms with Crippen LogP contribution in [0.4, 0.5) is 10.3 Å². The second-order valence-corrected chi connectivity index (χ2v) is 4.47. The van der Waals surface area contributed by atoms with Gasteiger partial charge in [0.1, 0.15) is 5.82 Å². The van der Waals surface area contributed by atoms with Crippen LogP contribution in [0.25, 0.3) is 0 Å². The van der Waals surface area contributed by atoms with Crippen LogP contribution >= 0.6 is 0 Å². The first-order valence-electron chi connectivity index (χ1n) is 6.08. The number of rotatable bonds is 4. The lowest BCUT2D eigenvalue weighted by atomic mass is 10.2. The molecule has 0 bridgehead atoms. The Morgan fingerprint density at radius 2 is 1.95 bits per heavy atom. The molecule has 0 fully saturated rings. The molecule has 1 aromatic heterocycles. The van der Waals surface area contributed by atoms with E-state index in [1.54, 1.807) is 18.3 Å². The van der Waals surface area contributed by atoms with Crippen LogP contribution in [0.3, 0.4) is 0 Å². The van der Waals surface area contributed by atoms with Gasteiger partial charge in [0.05, 0.1) is 0 Å². The van der Waals surface area contributed by atoms with Crippen molar-refractivity contribution >= 4 is 5.95 Å². The molecule has 0 spiro atoms. The van der Waals surface area contributed by atoms with Crippen LogP contribution in [0.5, 0.6) is 0 Å². The molecule has 2 aromatic rings. The van der Waals surface area contributed by atoms with Gasteiger partial charge in [-0.25, -0.2) is 14.4 Å². The molecule has 19 heavy (non-hydrogen) atoms. The molecule has 0 aliphatic heterocycles. The van der Waals surface area contributed by atoms with Crippen molar-refractivity contribution in [3.8, 4) is 0 Å². The molecule has 4 nitrogen and oxygen atoms in total. The van der Waals surface area contributed by atoms with E-state index in [4.69, 9.17) is 5.73 Å². The van der Waals surface area contributed by atoms with E-state index in [1.807, 2.05) is 18.9 Å². The van der Waals surface area contributed by atoms with Crippen LogP contribution in [-0.2, 0) is 13.1 Å². The number of hydrogen-bond acceptors (Lipinski definition) is 4. The van der Waals surface area contributed by atoms with Gasteiger partial charge in [0.2, 0.25) is 5.95 Å². The molecule has 0 amide bonds. The Bertz CT molecular complexity index is 554. The van der Waals surface area contributed by atoms with Crippen molar-refractivity contribution < 1.29 is 4.39 Å². The number of benzene rings is 1. The van der Waals surface area contributed by atoms with E-state index >= 15 is 0 Å². The molecule has 0 radical (unpaired) electrons. The number of aromatic nitrogens is 2. The van der Waals surface area contributed by atoms with Crippen LogP contribution in [0.1, 0.15) is 16.8 Å². The summed E-state index contributed by atoms with van der Waals surface area (Å²) in [5, 5.41) is 0. The van der Waals surface area contributed by atoms with E-state index in [-0.39, 0.29) is 5.82 Å². The first-order valence-corrected chi connectivity index (χ1v) is 6.08. The summed E-state index contributed by atoms with van der Waals surface area (Å²) in [6, 6.07) is 6.42. The molecular formula is C14H17FN4. The van der Waals surface area contributed by atoms with E-state index in [0.29, 0.717) is 19.0 Å². The molecular weight excluding hydrogens is 243 g/mol. The van der Waals surface area contributed by atoms with E-state index in [0.717, 1.165) is 16.8 Å². The Kier molecular flexibility index (Phi) is 4.06. The smallest absolute Gasteiger partial charge is 0.225 e. The zero-order valence-corrected chi connectivity index (χ0v) is 11.1. The Morgan fingerprint density at radius 1 is 1.26 bits per heavy atom. The fourth-order valence-electron chi connectivity index (χ4n) is 1.80. The molecule has 2 rings (SSSR count). The Morgan fingerprint density at radius 3 is 2.53 bits per heavy atom. The molecule has 5 heteroatoms. The topological polar surface area (TPSA) is 55.0 Å². The summed E-state index contributed by atoms with van der Waals surface area (Å²) >= 11 is 0. The average Bonchev–Trinajstić information content (AvgIpc) is 2.41. The number of aryl methyl sites for hydroxylation is 1. The third-order valence-electron chi connectivity index (χ3n) is 2.96. The van der Waals surface area contributed by atoms with Gasteiger partial charge < -0.3 is 10.6 Å². The predicted octanol–water partition coefficient (Wildman–Crippen LogP) is 2.02. The van der Waals surface area contributed by atoms with Crippen LogP contribution in [-0.4, -0.2) is 17.0 Å². The first kappa shape index (κ1) is 13.4. The van der Waals surface area contributed by atoms with Gasteiger partial charge in [-0.2, -0.15) is 0 Å². The van der Waals surface area contributed by atoms with Crippen LogP contribution in [0.15, 0.2) is 30.5 Å². The Labute approximate surface area is 112 Å². The van der Waals surface area contributed by atoms with Crippen molar-refractivity contribution in [2.24, 2.45) is 5.73 Å². The van der Waals surface area contributed by atoms with Gasteiger partial charge in [0, 0.05) is 37.6 Å². The van der Waals surface area contributed by atoms with Gasteiger partial charge in [-0.05, 0) is 24.6 Å². The summed E-state index contributed by atoms with van der Waals surface area (Å²) in [5.41, 5.74) is 8.42. The average molecular weight is 260 g/mol. The fourth-order valence-corrected chi connectivity index (χ4v) is 1.80. The monoisotopic (exact) mass is 260 g/mol. The molecule has 0 unspecified atom stereocenters. The van der Waals surface area contributed by atoms with Crippen molar-refractivity contribution in [3.05, 3.63) is 53.1 Å². The zero-order valence-electron chi connectivity index (χ0n) is 11.1. The molecule has 0 saturated carbocycles. The highest BCUT2D eigenvalue weighted by atomic mass is 19.1. The van der Waals surface area contributed by atoms with Gasteiger partial charge in [-0.1, -0.05) is 12.1 Å². The summed E-state index contributed by atoms with van der Waals surface area (Å²) in [5.74, 6) is 0.407. The minimum atomic E-state index is -0.231. The summed E-state index contributed by atoms with van der Waals surface area (Å²) in [7, 11) is 1.90. The Balaban J connectivity index is 2.13. The maximum absolute atomic E-state index is 12.8. The maximum Gasteiger partial charge on any atom is 0.225 e. The zero-order chi connectivity index (χ0) is 13.8. The van der Waals surface area contributed by atoms with Crippen LogP contribution in [0, 0.1) is 12.7 Å². The summed E-state index contributed by atoms with van der Waals surface area (Å²) < 4.78 is 12.8. The van der Waals surface area contributed by atoms with E-state index in [1.165, 1.54) is 12.1 Å². The summed E-state index contributed by atoms with van der Waals surface area (Å²) in [6.45, 7) is 2.98. The molecule has 0 saturated heterocycles. The number of nitrogens with zero attached hydrogens (tertiary/aromatic N) is 3. The predicted molar refractivity (Wildman–Crippen MR) is 73.2 cm³/mol. The highest BCUT2D eigenvalue weighted by molar-refractivity contribution is 5.33. The lowest BCUT2D eigenvalue weighted by Crippen LogP contribution is -2.20. The van der Waals surface area contributed by atoms with Crippen molar-refractivity contribution in [2.75, 3.05) is 11.9 Å². The highest BCUT2D eigenvalue weighted by Gasteiger charge is 2.07. The van der Waals surface area contributed by atoms with Crippen LogP contribution in [0.2, 0.25) is 0 Å². The van der Waals surface area contributed by atoms with Crippen LogP contribution < -0.4 is 10.6 Å². The normalized spacial score (nSPS) is 10.5. The third-order valence-corrected chi connectivity index (χ3v) is 2.96. The fraction of sp³-hybridized carbons (Fsp3) is 0.286. The van der Waals surface area contributed by atoms with Crippen molar-refractivity contribution in [2.45, 2.75) is 20.0 Å². The van der Waals surface area contributed by atoms with Crippen molar-refractivity contribution in [1.29, 1.82) is 0 Å². The van der Waals surface area contributed by atoms with Crippen molar-refractivity contribution in [3.63, 3.8) is 0 Å². The molecule has 0 atom stereocenters. The van der Waals surface area contributed by atoms with E-state index < -0.39 is 0 Å². The molecule has 1 aromatic carbocycles. The Hall–Kier alpha value is -2.01. The van der Waals surface area contributed by atoms with Gasteiger partial charge in [-0.15, -0.1) is 0 Å². The molecule has 0 aliphatic carbocycles. The number of anilines is 1. The number of hydrogen-bond donors (Lipinski definition) is 1. The summed E-state index contributed by atoms with van der Waals surface area (Å²) in [4.78, 5) is 10.6. The maximum atomic E-state index is 12.8. The lowest BCUT2D eigenvalue weighted by Gasteiger charge is -2.18. The van der Waals surface area contributed by atoms with Crippen molar-refractivity contribution in [1.82, 2.24) is 9.97 Å². The quantitative estimate of drug-likeness (QED) is 0.913. The van der Waals surface area contributed by atoms with Gasteiger partial charge in [-0.3, -0.25) is 0 Å². The van der Waals surface area contributed by atoms with Gasteiger partial charge in [0.25, 0.3) is 0 Å². The van der Waals surface area contributed by atoms with E-state index in [9.17, 15) is 4.39 Å². The van der Waals surface area contributed by atoms with Gasteiger partial charge in [0.15, 0.2) is 0 Å². The lowest BCUT2D eigenvalue weighted by molar-refractivity contribution is 0.627. The van der Waals surface area contributed by atoms with Gasteiger partial charge >= 0.3 is 0 Å². The molecule has 1 heterocycles. The second kappa shape index (κ2) is 5.75. The first-order chi connectivity index (χ1) is 9.10. The molecule has 2 N–H and O–H groups in total. The summed E-state index contributed by atoms with van der Waals surface area (Å²) in [6.07, 6.45) is 1.75. The standard InChI is InChI=1S/C14H17FN4/c1-10-12(7-16)8-17-14(18-10)19(2)9-11-3-5-13(15)6-4-11/h3-6,8H,7,9,16H2,1-2H3. The minimum Gasteiger partial charge on any atom is -0.340 e. The second-order valence-electron chi connectivity index (χ2n) is 4.47. The largest absolute Gasteiger partial charge is 0.340 e. The number of halogens is 1. The SMILES string of the molecule is Cc1nc(N(C)Cc2ccc(F)cc2)ncc1CN. The number of nitrogens with two attached hydrogens (primary N) is 1.